The molecule has 6 nitrogen and oxygen atoms in total. The van der Waals surface area contributed by atoms with Gasteiger partial charge in [0.15, 0.2) is 0 Å². The van der Waals surface area contributed by atoms with Crippen molar-refractivity contribution in [1.29, 1.82) is 0 Å². The van der Waals surface area contributed by atoms with Crippen molar-refractivity contribution < 1.29 is 19.1 Å². The second-order valence-corrected chi connectivity index (χ2v) is 7.81. The molecule has 24 heavy (non-hydrogen) atoms. The van der Waals surface area contributed by atoms with Gasteiger partial charge in [0.1, 0.15) is 6.04 Å². The third-order valence-electron chi connectivity index (χ3n) is 6.76. The van der Waals surface area contributed by atoms with E-state index in [-0.39, 0.29) is 41.4 Å². The number of ether oxygens (including phenoxy) is 1. The topological polar surface area (TPSA) is 66.9 Å². The van der Waals surface area contributed by atoms with Crippen LogP contribution in [0.1, 0.15) is 13.3 Å². The van der Waals surface area contributed by atoms with E-state index in [1.165, 1.54) is 4.90 Å². The number of carbonyl (C=O) groups excluding carboxylic acids is 3. The molecule has 0 spiro atoms. The van der Waals surface area contributed by atoms with Gasteiger partial charge < -0.3 is 9.64 Å². The van der Waals surface area contributed by atoms with Crippen LogP contribution < -0.4 is 0 Å². The lowest BCUT2D eigenvalue weighted by Gasteiger charge is -2.37. The molecule has 0 aromatic heterocycles. The molecule has 6 heteroatoms. The predicted octanol–water partition coefficient (Wildman–Crippen LogP) is 0.287. The van der Waals surface area contributed by atoms with Crippen molar-refractivity contribution in [2.45, 2.75) is 19.4 Å². The molecule has 2 saturated carbocycles. The van der Waals surface area contributed by atoms with E-state index in [1.807, 2.05) is 0 Å². The molecule has 128 valence electrons. The van der Waals surface area contributed by atoms with Crippen LogP contribution >= 0.6 is 0 Å². The van der Waals surface area contributed by atoms with Crippen LogP contribution in [-0.4, -0.2) is 59.9 Å². The molecule has 2 heterocycles. The lowest BCUT2D eigenvalue weighted by atomic mass is 9.63. The first kappa shape index (κ1) is 14.6. The van der Waals surface area contributed by atoms with Gasteiger partial charge in [-0.15, -0.1) is 0 Å². The number of carbonyl (C=O) groups is 3. The Morgan fingerprint density at radius 3 is 2.17 bits per heavy atom. The first-order valence-electron chi connectivity index (χ1n) is 9.01. The van der Waals surface area contributed by atoms with Crippen LogP contribution in [0, 0.1) is 35.5 Å². The molecule has 0 radical (unpaired) electrons. The van der Waals surface area contributed by atoms with E-state index >= 15 is 0 Å². The summed E-state index contributed by atoms with van der Waals surface area (Å²) in [5.74, 6) is 0.754. The number of nitrogens with zero attached hydrogens (tertiary/aromatic N) is 2. The van der Waals surface area contributed by atoms with E-state index in [4.69, 9.17) is 4.74 Å². The quantitative estimate of drug-likeness (QED) is 0.539. The maximum atomic E-state index is 13.0. The van der Waals surface area contributed by atoms with Crippen molar-refractivity contribution in [2.24, 2.45) is 35.5 Å². The Morgan fingerprint density at radius 2 is 1.62 bits per heavy atom. The molecule has 0 aromatic carbocycles. The molecule has 4 fully saturated rings. The van der Waals surface area contributed by atoms with Crippen LogP contribution in [0.5, 0.6) is 0 Å². The van der Waals surface area contributed by atoms with Gasteiger partial charge in [-0.3, -0.25) is 19.3 Å². The second-order valence-electron chi connectivity index (χ2n) is 7.81. The number of amides is 3. The molecule has 0 unspecified atom stereocenters. The van der Waals surface area contributed by atoms with Crippen molar-refractivity contribution in [3.63, 3.8) is 0 Å². The summed E-state index contributed by atoms with van der Waals surface area (Å²) >= 11 is 0. The molecule has 0 N–H and O–H groups in total. The fraction of sp³-hybridized carbons (Fsp3) is 0.722. The SMILES string of the molecule is C[C@H](C(=O)N1CCOCC1)N1C(=O)[C@@H]2[C@@H]3C=C[C@H]([C@H]4C[C@@H]34)[C@@H]2C1=O. The number of rotatable bonds is 2. The molecule has 2 bridgehead atoms. The highest BCUT2D eigenvalue weighted by Crippen LogP contribution is 2.65. The van der Waals surface area contributed by atoms with E-state index in [1.54, 1.807) is 11.8 Å². The van der Waals surface area contributed by atoms with Gasteiger partial charge in [-0.2, -0.15) is 0 Å². The van der Waals surface area contributed by atoms with Crippen molar-refractivity contribution >= 4 is 17.7 Å². The van der Waals surface area contributed by atoms with Gasteiger partial charge >= 0.3 is 0 Å². The van der Waals surface area contributed by atoms with E-state index in [0.717, 1.165) is 6.42 Å². The third-order valence-corrected chi connectivity index (χ3v) is 6.76. The fourth-order valence-electron chi connectivity index (χ4n) is 5.52. The van der Waals surface area contributed by atoms with E-state index in [9.17, 15) is 14.4 Å². The zero-order chi connectivity index (χ0) is 16.6. The van der Waals surface area contributed by atoms with Gasteiger partial charge in [0.2, 0.25) is 17.7 Å². The Morgan fingerprint density at radius 1 is 1.08 bits per heavy atom. The predicted molar refractivity (Wildman–Crippen MR) is 83.4 cm³/mol. The Balaban J connectivity index is 1.40. The average molecular weight is 330 g/mol. The van der Waals surface area contributed by atoms with Crippen molar-refractivity contribution in [3.8, 4) is 0 Å². The highest BCUT2D eigenvalue weighted by molar-refractivity contribution is 6.09. The highest BCUT2D eigenvalue weighted by atomic mass is 16.5. The van der Waals surface area contributed by atoms with Crippen LogP contribution in [0.4, 0.5) is 0 Å². The van der Waals surface area contributed by atoms with Crippen LogP contribution in [0.15, 0.2) is 12.2 Å². The second kappa shape index (κ2) is 4.91. The van der Waals surface area contributed by atoms with E-state index < -0.39 is 6.04 Å². The summed E-state index contributed by atoms with van der Waals surface area (Å²) in [4.78, 5) is 41.8. The summed E-state index contributed by atoms with van der Waals surface area (Å²) in [6.45, 7) is 3.79. The standard InChI is InChI=1S/C18H22N2O4/c1-9(16(21)19-4-6-24-7-5-19)20-17(22)14-10-2-3-11(13-8-12(10)13)15(14)18(20)23/h2-3,9-15H,4-8H2,1H3/t9-,10-,11-,12-,13+,14+,15-/m1/s1. The van der Waals surface area contributed by atoms with Gasteiger partial charge in [-0.25, -0.2) is 0 Å². The first-order valence-corrected chi connectivity index (χ1v) is 9.01. The monoisotopic (exact) mass is 330 g/mol. The molecule has 6 rings (SSSR count). The first-order chi connectivity index (χ1) is 11.6. The minimum atomic E-state index is -0.704. The van der Waals surface area contributed by atoms with Crippen molar-refractivity contribution in [3.05, 3.63) is 12.2 Å². The molecule has 2 aliphatic heterocycles. The molecular weight excluding hydrogens is 308 g/mol. The number of likely N-dealkylation sites (tertiary alicyclic amines) is 1. The van der Waals surface area contributed by atoms with Crippen molar-refractivity contribution in [1.82, 2.24) is 9.80 Å². The van der Waals surface area contributed by atoms with Crippen LogP contribution in [0.2, 0.25) is 0 Å². The normalized spacial score (nSPS) is 43.7. The van der Waals surface area contributed by atoms with E-state index in [2.05, 4.69) is 12.2 Å². The molecule has 3 amide bonds. The summed E-state index contributed by atoms with van der Waals surface area (Å²) in [5.41, 5.74) is 0. The van der Waals surface area contributed by atoms with Crippen LogP contribution in [-0.2, 0) is 19.1 Å². The van der Waals surface area contributed by atoms with Gasteiger partial charge in [0, 0.05) is 13.1 Å². The largest absolute Gasteiger partial charge is 0.378 e. The summed E-state index contributed by atoms with van der Waals surface area (Å²) < 4.78 is 5.28. The molecule has 4 aliphatic carbocycles. The number of imide groups is 1. The highest BCUT2D eigenvalue weighted by Gasteiger charge is 2.67. The Labute approximate surface area is 140 Å². The molecule has 6 aliphatic rings. The van der Waals surface area contributed by atoms with Crippen LogP contribution in [0.3, 0.4) is 0 Å². The Hall–Kier alpha value is -1.69. The Kier molecular flexibility index (Phi) is 2.99. The number of hydrogen-bond acceptors (Lipinski definition) is 4. The summed E-state index contributed by atoms with van der Waals surface area (Å²) in [7, 11) is 0. The van der Waals surface area contributed by atoms with Crippen molar-refractivity contribution in [2.75, 3.05) is 26.3 Å². The van der Waals surface area contributed by atoms with Gasteiger partial charge in [0.05, 0.1) is 25.0 Å². The maximum Gasteiger partial charge on any atom is 0.245 e. The van der Waals surface area contributed by atoms with Crippen LogP contribution in [0.25, 0.3) is 0 Å². The zero-order valence-corrected chi connectivity index (χ0v) is 13.8. The maximum absolute atomic E-state index is 13.0. The minimum Gasteiger partial charge on any atom is -0.378 e. The molecule has 0 aromatic rings. The summed E-state index contributed by atoms with van der Waals surface area (Å²) in [5, 5.41) is 0. The van der Waals surface area contributed by atoms with Gasteiger partial charge in [0.25, 0.3) is 0 Å². The lowest BCUT2D eigenvalue weighted by molar-refractivity contribution is -0.152. The fourth-order valence-corrected chi connectivity index (χ4v) is 5.52. The summed E-state index contributed by atoms with van der Waals surface area (Å²) in [6.07, 6.45) is 5.46. The number of morpholine rings is 1. The molecular formula is C18H22N2O4. The minimum absolute atomic E-state index is 0.121. The molecule has 7 atom stereocenters. The smallest absolute Gasteiger partial charge is 0.245 e. The third kappa shape index (κ3) is 1.78. The number of hydrogen-bond donors (Lipinski definition) is 0. The zero-order valence-electron chi connectivity index (χ0n) is 13.8. The Bertz CT molecular complexity index is 617. The number of allylic oxidation sites excluding steroid dienone is 2. The van der Waals surface area contributed by atoms with E-state index in [0.29, 0.717) is 38.1 Å². The average Bonchev–Trinajstić information content (AvgIpc) is 3.39. The lowest BCUT2D eigenvalue weighted by Crippen LogP contribution is -2.52. The van der Waals surface area contributed by atoms with Gasteiger partial charge in [-0.1, -0.05) is 12.2 Å². The van der Waals surface area contributed by atoms with Gasteiger partial charge in [-0.05, 0) is 37.0 Å². The molecule has 2 saturated heterocycles. The summed E-state index contributed by atoms with van der Waals surface area (Å²) in [6, 6.07) is -0.704.